The van der Waals surface area contributed by atoms with Gasteiger partial charge in [-0.05, 0) is 132 Å². The van der Waals surface area contributed by atoms with Crippen LogP contribution < -0.4 is 16.4 Å². The van der Waals surface area contributed by atoms with Crippen LogP contribution in [-0.4, -0.2) is 167 Å². The fourth-order valence-electron chi connectivity index (χ4n) is 14.4. The molecule has 4 saturated heterocycles. The third kappa shape index (κ3) is 23.4. The Morgan fingerprint density at radius 1 is 0.496 bits per heavy atom. The van der Waals surface area contributed by atoms with Crippen molar-refractivity contribution in [2.75, 3.05) is 40.4 Å². The van der Waals surface area contributed by atoms with Gasteiger partial charge in [0.1, 0.15) is 48.0 Å². The number of carboxylic acids is 1. The van der Waals surface area contributed by atoms with Crippen LogP contribution >= 0.6 is 0 Å². The summed E-state index contributed by atoms with van der Waals surface area (Å²) < 4.78 is 4.95. The number of aliphatic imine (C=N–C) groups is 2. The van der Waals surface area contributed by atoms with E-state index in [1.54, 1.807) is 13.8 Å². The van der Waals surface area contributed by atoms with E-state index < -0.39 is 36.2 Å². The molecule has 0 unspecified atom stereocenters. The number of ether oxygens (including phenoxy) is 1. The summed E-state index contributed by atoms with van der Waals surface area (Å²) in [6.07, 6.45) is 16.8. The molecule has 4 aromatic heterocycles. The zero-order valence-corrected chi connectivity index (χ0v) is 67.7. The zero-order chi connectivity index (χ0) is 78.7. The third-order valence-electron chi connectivity index (χ3n) is 20.7. The monoisotopic (exact) mass is 1670 g/mol. The first kappa shape index (κ1) is 91.7. The number of nitrogens with zero attached hydrogens (tertiary/aromatic N) is 9. The Balaban J connectivity index is 0.000000257. The molecule has 8 atom stereocenters. The summed E-state index contributed by atoms with van der Waals surface area (Å²) in [5.41, 5.74) is 19.5. The number of nitrogens with two attached hydrogens (primary N) is 1. The number of nitrogens with one attached hydrogen (secondary N) is 6. The van der Waals surface area contributed by atoms with E-state index in [-0.39, 0.29) is 109 Å². The van der Waals surface area contributed by atoms with Crippen molar-refractivity contribution in [3.8, 4) is 67.3 Å². The molecule has 5 aromatic carbocycles. The fraction of sp³-hybridized carbons (Fsp3) is 0.425. The van der Waals surface area contributed by atoms with Crippen LogP contribution in [0.5, 0.6) is 0 Å². The minimum absolute atomic E-state index is 0. The predicted molar refractivity (Wildman–Crippen MR) is 444 cm³/mol. The van der Waals surface area contributed by atoms with Crippen LogP contribution in [0.15, 0.2) is 162 Å². The quantitative estimate of drug-likeness (QED) is 0.00592. The normalized spacial score (nSPS) is 17.5. The Kier molecular flexibility index (Phi) is 35.0. The van der Waals surface area contributed by atoms with Gasteiger partial charge in [0.05, 0.1) is 92.0 Å². The van der Waals surface area contributed by atoms with Gasteiger partial charge in [0.15, 0.2) is 0 Å². The minimum Gasteiger partial charge on any atom is -0.480 e. The summed E-state index contributed by atoms with van der Waals surface area (Å²) in [6, 6.07) is 40.4. The smallest absolute Gasteiger partial charge is 0.408 e. The molecule has 4 amide bonds. The molecule has 28 heteroatoms. The summed E-state index contributed by atoms with van der Waals surface area (Å²) in [4.78, 5) is 128. The number of aliphatic carboxylic acids is 1. The number of alkyl carbamates (subject to hydrolysis) is 1. The molecule has 8 heterocycles. The summed E-state index contributed by atoms with van der Waals surface area (Å²) >= 11 is 0. The van der Waals surface area contributed by atoms with Crippen molar-refractivity contribution in [2.24, 2.45) is 39.4 Å². The molecule has 0 saturated carbocycles. The van der Waals surface area contributed by atoms with Crippen LogP contribution in [-0.2, 0) is 70.5 Å². The van der Waals surface area contributed by atoms with E-state index in [9.17, 15) is 24.0 Å². The number of hydrogen-bond acceptors (Lipinski definition) is 18. The summed E-state index contributed by atoms with van der Waals surface area (Å²) in [7, 11) is 2.80. The van der Waals surface area contributed by atoms with E-state index >= 15 is 0 Å². The van der Waals surface area contributed by atoms with E-state index in [2.05, 4.69) is 162 Å². The maximum atomic E-state index is 13.5. The molecule has 4 fully saturated rings. The largest absolute Gasteiger partial charge is 0.480 e. The zero-order valence-electron chi connectivity index (χ0n) is 66.2. The molecule has 0 aliphatic carbocycles. The maximum absolute atomic E-state index is 13.5. The Morgan fingerprint density at radius 2 is 0.843 bits per heavy atom. The van der Waals surface area contributed by atoms with Crippen LogP contribution in [0, 0.1) is 31.1 Å². The van der Waals surface area contributed by atoms with Crippen molar-refractivity contribution < 1.29 is 73.8 Å². The molecular formula is C87H115N16O11Pd-. The van der Waals surface area contributed by atoms with Crippen molar-refractivity contribution in [3.05, 3.63) is 188 Å². The van der Waals surface area contributed by atoms with Crippen molar-refractivity contribution in [3.63, 3.8) is 0 Å². The molecular weight excluding hydrogens is 1550 g/mol. The standard InChI is InChI=1S/C38H48N8O4.C33H39N7O3.C13H17NO4.2CH4.CH3.Pd/c1-23(2)33(39)37(47)45-18-6-8-31(45)35-40-20-29(43-35)27-14-10-25(11-15-27)26-12-16-28(17-13-26)30-21-41-36(44-30)32-9-7-19-46(32)38(48)34(24(3)4)42-22-50-49-5;1-21(2)30(37-20-43-42-3)33(41)40-17-5-7-29(40)32-36-19-28(39-32)25-14-10-23(11-15-25)22-8-12-24(13-9-22)27-18-35-31(38-27)26-6-4-16-34-26;1-9(2)11(12(15)16)14-13(17)18-8-10-6-4-3-5-7-10;;;;/h10-17,20-24,31-34H,6-9,18-19,39H2,1-5H3,(H,40,43)(H,41,44);8-15,18-21,26,29-30,34H,4-7,16-17H2,1-3H3,(H,35,38)(H,36,39);3-7,9,11H,8H2,1-2H3,(H,14,17)(H,15,16);2*1H4;1H3;/q;;;;;-1;/t31-,32-,33-,34-;26-,29-,30-;11-;;;;/m000..../s1. The first-order valence-corrected chi connectivity index (χ1v) is 38.3. The third-order valence-corrected chi connectivity index (χ3v) is 20.7. The fourth-order valence-corrected chi connectivity index (χ4v) is 14.4. The van der Waals surface area contributed by atoms with Gasteiger partial charge < -0.3 is 78.0 Å². The molecule has 0 spiro atoms. The maximum Gasteiger partial charge on any atom is 0.408 e. The number of rotatable bonds is 27. The number of carboxylic acid groups (broad SMARTS) is 1. The second kappa shape index (κ2) is 43.9. The number of imidazole rings is 4. The van der Waals surface area contributed by atoms with E-state index in [1.807, 2.05) is 111 Å². The van der Waals surface area contributed by atoms with Gasteiger partial charge in [0.25, 0.3) is 0 Å². The van der Waals surface area contributed by atoms with Crippen molar-refractivity contribution >= 4 is 42.6 Å². The van der Waals surface area contributed by atoms with E-state index in [0.29, 0.717) is 25.7 Å². The number of carbonyl (C=O) groups is 5. The second-order valence-electron chi connectivity index (χ2n) is 29.7. The van der Waals surface area contributed by atoms with Crippen molar-refractivity contribution in [1.82, 2.24) is 65.2 Å². The van der Waals surface area contributed by atoms with Gasteiger partial charge in [-0.3, -0.25) is 14.4 Å². The van der Waals surface area contributed by atoms with Crippen LogP contribution in [0.25, 0.3) is 67.3 Å². The molecule has 4 aliphatic heterocycles. The summed E-state index contributed by atoms with van der Waals surface area (Å²) in [5, 5.41) is 14.7. The number of carbonyl (C=O) groups excluding carboxylic acids is 4. The topological polar surface area (TPSA) is 351 Å². The Hall–Kier alpha value is -10.5. The number of H-pyrrole nitrogens is 4. The minimum atomic E-state index is -1.07. The molecule has 13 rings (SSSR count). The molecule has 9 aromatic rings. The van der Waals surface area contributed by atoms with E-state index in [1.165, 1.54) is 33.4 Å². The number of benzene rings is 5. The number of aromatic amines is 4. The van der Waals surface area contributed by atoms with Gasteiger partial charge in [-0.1, -0.05) is 198 Å². The first-order valence-electron chi connectivity index (χ1n) is 38.3. The molecule has 620 valence electrons. The Labute approximate surface area is 689 Å². The van der Waals surface area contributed by atoms with Crippen LogP contribution in [0.4, 0.5) is 4.79 Å². The first-order chi connectivity index (χ1) is 53.7. The van der Waals surface area contributed by atoms with E-state index in [0.717, 1.165) is 148 Å². The van der Waals surface area contributed by atoms with Gasteiger partial charge in [-0.25, -0.2) is 39.5 Å². The average Bonchev–Trinajstić information content (AvgIpc) is 1.67. The molecule has 115 heavy (non-hydrogen) atoms. The van der Waals surface area contributed by atoms with Gasteiger partial charge in [-0.2, -0.15) is 9.78 Å². The van der Waals surface area contributed by atoms with Crippen molar-refractivity contribution in [2.45, 2.75) is 177 Å². The van der Waals surface area contributed by atoms with Crippen LogP contribution in [0.2, 0.25) is 0 Å². The molecule has 27 nitrogen and oxygen atoms in total. The number of aromatic nitrogens is 8. The Bertz CT molecular complexity index is 4560. The van der Waals surface area contributed by atoms with E-state index in [4.69, 9.17) is 30.3 Å². The van der Waals surface area contributed by atoms with Gasteiger partial charge in [0, 0.05) is 40.1 Å². The number of hydrogen-bond donors (Lipinski definition) is 8. The Morgan fingerprint density at radius 3 is 1.17 bits per heavy atom. The second-order valence-corrected chi connectivity index (χ2v) is 29.7. The summed E-state index contributed by atoms with van der Waals surface area (Å²) in [5.74, 6) is 2.15. The molecule has 0 radical (unpaired) electrons. The molecule has 9 N–H and O–H groups in total. The summed E-state index contributed by atoms with van der Waals surface area (Å²) in [6.45, 7) is 18.5. The van der Waals surface area contributed by atoms with Crippen molar-refractivity contribution in [1.29, 1.82) is 0 Å². The van der Waals surface area contributed by atoms with Crippen LogP contribution in [0.3, 0.4) is 0 Å². The number of likely N-dealkylation sites (tertiary alicyclic amines) is 3. The van der Waals surface area contributed by atoms with Gasteiger partial charge in [-0.15, -0.1) is 0 Å². The average molecular weight is 1670 g/mol. The SMILES string of the molecule is C.C.CC(C)[C@H](NC(=O)OCc1ccccc1)C(=O)O.COOC=N[C@H](C(=O)N1CCC[C@H]1c1ncc(-c2ccc(-c3ccc(-c4cnc([C@@H]5CCCN5)[nH]4)cc3)cc2)[nH]1)C(C)C.COOC=N[C@H](C(=O)N1CCC[C@H]1c1ncc(-c2ccc(-c3ccc(-c4cnc([C@@H]5CCCN5C(=O)[C@@H](N)C(C)C)[nH]4)cc3)cc2)[nH]1)C(C)C.[CH3-].[Pd]. The predicted octanol–water partition coefficient (Wildman–Crippen LogP) is 15.7. The van der Waals surface area contributed by atoms with Gasteiger partial charge in [0.2, 0.25) is 30.5 Å². The van der Waals surface area contributed by atoms with Crippen LogP contribution in [0.1, 0.15) is 175 Å². The number of amides is 4. The molecule has 4 aliphatic rings. The molecule has 0 bridgehead atoms. The van der Waals surface area contributed by atoms with Gasteiger partial charge >= 0.3 is 12.1 Å².